The van der Waals surface area contributed by atoms with Crippen molar-refractivity contribution in [2.24, 2.45) is 0 Å². The van der Waals surface area contributed by atoms with Crippen LogP contribution in [0.25, 0.3) is 11.8 Å². The van der Waals surface area contributed by atoms with Gasteiger partial charge in [-0.25, -0.2) is 0 Å². The number of nitro benzene ring substituents is 1. The smallest absolute Gasteiger partial charge is 0.271 e. The summed E-state index contributed by atoms with van der Waals surface area (Å²) < 4.78 is 1.67. The lowest BCUT2D eigenvalue weighted by atomic mass is 10.2. The Kier molecular flexibility index (Phi) is 3.60. The van der Waals surface area contributed by atoms with Crippen LogP contribution in [0.2, 0.25) is 0 Å². The van der Waals surface area contributed by atoms with Crippen molar-refractivity contribution in [3.05, 3.63) is 64.0 Å². The maximum Gasteiger partial charge on any atom is 0.271 e. The van der Waals surface area contributed by atoms with Gasteiger partial charge in [0.1, 0.15) is 17.7 Å². The van der Waals surface area contributed by atoms with E-state index in [2.05, 4.69) is 0 Å². The van der Waals surface area contributed by atoms with Crippen molar-refractivity contribution in [3.63, 3.8) is 0 Å². The molecule has 1 aromatic carbocycles. The zero-order valence-corrected chi connectivity index (χ0v) is 10.2. The van der Waals surface area contributed by atoms with Crippen molar-refractivity contribution in [2.75, 3.05) is 0 Å². The van der Waals surface area contributed by atoms with Crippen molar-refractivity contribution in [1.29, 1.82) is 10.5 Å². The largest absolute Gasteiger partial charge is 0.317 e. The zero-order chi connectivity index (χ0) is 14.5. The van der Waals surface area contributed by atoms with Crippen LogP contribution in [0.4, 0.5) is 5.69 Å². The SMILES string of the molecule is N#CC(C#N)=Cc1cccn1-c1cccc([N+](=O)[O-])c1. The Morgan fingerprint density at radius 1 is 1.25 bits per heavy atom. The molecule has 0 spiro atoms. The van der Waals surface area contributed by atoms with Gasteiger partial charge in [-0.15, -0.1) is 0 Å². The van der Waals surface area contributed by atoms with Crippen LogP contribution in [0.15, 0.2) is 48.2 Å². The van der Waals surface area contributed by atoms with Crippen molar-refractivity contribution in [1.82, 2.24) is 4.57 Å². The quantitative estimate of drug-likeness (QED) is 0.483. The van der Waals surface area contributed by atoms with Crippen molar-refractivity contribution >= 4 is 11.8 Å². The van der Waals surface area contributed by atoms with Gasteiger partial charge in [0.2, 0.25) is 0 Å². The van der Waals surface area contributed by atoms with Crippen LogP contribution in [0, 0.1) is 32.8 Å². The molecule has 0 aliphatic carbocycles. The van der Waals surface area contributed by atoms with Crippen molar-refractivity contribution in [2.45, 2.75) is 0 Å². The highest BCUT2D eigenvalue weighted by atomic mass is 16.6. The number of hydrogen-bond acceptors (Lipinski definition) is 4. The normalized spacial score (nSPS) is 9.30. The molecule has 0 aliphatic rings. The zero-order valence-electron chi connectivity index (χ0n) is 10.2. The summed E-state index contributed by atoms with van der Waals surface area (Å²) >= 11 is 0. The van der Waals surface area contributed by atoms with Crippen molar-refractivity contribution < 1.29 is 4.92 Å². The van der Waals surface area contributed by atoms with E-state index in [0.717, 1.165) is 0 Å². The molecular weight excluding hydrogens is 256 g/mol. The van der Waals surface area contributed by atoms with Crippen LogP contribution in [-0.2, 0) is 0 Å². The highest BCUT2D eigenvalue weighted by molar-refractivity contribution is 5.62. The molecular formula is C14H8N4O2. The average molecular weight is 264 g/mol. The van der Waals surface area contributed by atoms with Gasteiger partial charge in [-0.1, -0.05) is 6.07 Å². The second kappa shape index (κ2) is 5.51. The Morgan fingerprint density at radius 3 is 2.65 bits per heavy atom. The van der Waals surface area contributed by atoms with Crippen LogP contribution < -0.4 is 0 Å². The average Bonchev–Trinajstić information content (AvgIpc) is 2.93. The number of nitrogens with zero attached hydrogens (tertiary/aromatic N) is 4. The predicted molar refractivity (Wildman–Crippen MR) is 71.6 cm³/mol. The van der Waals surface area contributed by atoms with E-state index >= 15 is 0 Å². The molecule has 1 heterocycles. The molecule has 0 N–H and O–H groups in total. The fraction of sp³-hybridized carbons (Fsp3) is 0. The number of benzene rings is 1. The lowest BCUT2D eigenvalue weighted by molar-refractivity contribution is -0.384. The third kappa shape index (κ3) is 2.55. The Bertz CT molecular complexity index is 759. The van der Waals surface area contributed by atoms with Crippen molar-refractivity contribution in [3.8, 4) is 17.8 Å². The first-order valence-corrected chi connectivity index (χ1v) is 5.60. The molecule has 0 saturated heterocycles. The highest BCUT2D eigenvalue weighted by Gasteiger charge is 2.08. The Morgan fingerprint density at radius 2 is 2.00 bits per heavy atom. The van der Waals surface area contributed by atoms with Crippen LogP contribution >= 0.6 is 0 Å². The Hall–Kier alpha value is -3.38. The van der Waals surface area contributed by atoms with Gasteiger partial charge in [-0.2, -0.15) is 10.5 Å². The first kappa shape index (κ1) is 13.1. The number of hydrogen-bond donors (Lipinski definition) is 0. The number of nitro groups is 1. The van der Waals surface area contributed by atoms with E-state index < -0.39 is 4.92 Å². The molecule has 0 bridgehead atoms. The molecule has 0 unspecified atom stereocenters. The molecule has 0 saturated carbocycles. The lowest BCUT2D eigenvalue weighted by Gasteiger charge is -2.06. The first-order chi connectivity index (χ1) is 9.65. The summed E-state index contributed by atoms with van der Waals surface area (Å²) in [4.78, 5) is 10.3. The van der Waals surface area contributed by atoms with Gasteiger partial charge in [0.05, 0.1) is 10.6 Å². The van der Waals surface area contributed by atoms with E-state index in [0.29, 0.717) is 11.4 Å². The van der Waals surface area contributed by atoms with Gasteiger partial charge in [0.15, 0.2) is 0 Å². The van der Waals surface area contributed by atoms with Gasteiger partial charge in [0.25, 0.3) is 5.69 Å². The number of aromatic nitrogens is 1. The standard InChI is InChI=1S/C14H8N4O2/c15-9-11(10-16)7-12-5-2-6-17(12)13-3-1-4-14(8-13)18(19)20/h1-8H. The molecule has 6 nitrogen and oxygen atoms in total. The molecule has 20 heavy (non-hydrogen) atoms. The summed E-state index contributed by atoms with van der Waals surface area (Å²) in [6, 6.07) is 13.1. The van der Waals surface area contributed by atoms with E-state index in [4.69, 9.17) is 10.5 Å². The predicted octanol–water partition coefficient (Wildman–Crippen LogP) is 2.82. The second-order valence-corrected chi connectivity index (χ2v) is 3.86. The minimum absolute atomic E-state index is 0.0214. The third-order valence-corrected chi connectivity index (χ3v) is 2.63. The van der Waals surface area contributed by atoms with Crippen LogP contribution in [0.1, 0.15) is 5.69 Å². The molecule has 6 heteroatoms. The van der Waals surface area contributed by atoms with Crippen LogP contribution in [0.5, 0.6) is 0 Å². The van der Waals surface area contributed by atoms with Gasteiger partial charge < -0.3 is 4.57 Å². The third-order valence-electron chi connectivity index (χ3n) is 2.63. The fourth-order valence-electron chi connectivity index (χ4n) is 1.74. The van der Waals surface area contributed by atoms with Gasteiger partial charge in [-0.05, 0) is 24.3 Å². The van der Waals surface area contributed by atoms with E-state index in [9.17, 15) is 10.1 Å². The minimum Gasteiger partial charge on any atom is -0.317 e. The fourth-order valence-corrected chi connectivity index (χ4v) is 1.74. The summed E-state index contributed by atoms with van der Waals surface area (Å²) in [5, 5.41) is 28.3. The Balaban J connectivity index is 2.51. The topological polar surface area (TPSA) is 95.7 Å². The summed E-state index contributed by atoms with van der Waals surface area (Å²) in [6.07, 6.45) is 3.14. The molecule has 2 rings (SSSR count). The van der Waals surface area contributed by atoms with E-state index in [1.807, 2.05) is 0 Å². The summed E-state index contributed by atoms with van der Waals surface area (Å²) in [5.74, 6) is 0. The lowest BCUT2D eigenvalue weighted by Crippen LogP contribution is -1.96. The molecule has 0 aliphatic heterocycles. The van der Waals surface area contributed by atoms with Crippen LogP contribution in [0.3, 0.4) is 0 Å². The number of allylic oxidation sites excluding steroid dienone is 1. The van der Waals surface area contributed by atoms with E-state index in [1.165, 1.54) is 18.2 Å². The monoisotopic (exact) mass is 264 g/mol. The van der Waals surface area contributed by atoms with Crippen LogP contribution in [-0.4, -0.2) is 9.49 Å². The molecule has 0 atom stereocenters. The first-order valence-electron chi connectivity index (χ1n) is 5.60. The summed E-state index contributed by atoms with van der Waals surface area (Å²) in [6.45, 7) is 0. The maximum absolute atomic E-state index is 10.8. The number of rotatable bonds is 3. The number of nitriles is 2. The summed E-state index contributed by atoms with van der Waals surface area (Å²) in [7, 11) is 0. The van der Waals surface area contributed by atoms with E-state index in [1.54, 1.807) is 47.2 Å². The molecule has 0 amide bonds. The Labute approximate surface area is 114 Å². The minimum atomic E-state index is -0.474. The van der Waals surface area contributed by atoms with Gasteiger partial charge in [0, 0.05) is 24.0 Å². The second-order valence-electron chi connectivity index (χ2n) is 3.86. The van der Waals surface area contributed by atoms with E-state index in [-0.39, 0.29) is 11.3 Å². The molecule has 96 valence electrons. The molecule has 2 aromatic rings. The molecule has 0 fully saturated rings. The highest BCUT2D eigenvalue weighted by Crippen LogP contribution is 2.20. The number of non-ortho nitro benzene ring substituents is 1. The van der Waals surface area contributed by atoms with Gasteiger partial charge in [-0.3, -0.25) is 10.1 Å². The molecule has 0 radical (unpaired) electrons. The summed E-state index contributed by atoms with van der Waals surface area (Å²) in [5.41, 5.74) is 1.14. The van der Waals surface area contributed by atoms with Gasteiger partial charge >= 0.3 is 0 Å². The molecule has 1 aromatic heterocycles. The maximum atomic E-state index is 10.8.